The zero-order valence-corrected chi connectivity index (χ0v) is 19.5. The lowest BCUT2D eigenvalue weighted by molar-refractivity contribution is -0.118. The fourth-order valence-electron chi connectivity index (χ4n) is 3.63. The highest BCUT2D eigenvalue weighted by atomic mass is 16.5. The number of methoxy groups -OCH3 is 4. The van der Waals surface area contributed by atoms with E-state index in [1.165, 1.54) is 34.8 Å². The average molecular weight is 483 g/mol. The van der Waals surface area contributed by atoms with Gasteiger partial charge in [-0.1, -0.05) is 0 Å². The van der Waals surface area contributed by atoms with Gasteiger partial charge in [0.2, 0.25) is 17.6 Å². The summed E-state index contributed by atoms with van der Waals surface area (Å²) < 4.78 is 27.6. The van der Waals surface area contributed by atoms with Crippen molar-refractivity contribution in [3.8, 4) is 45.6 Å². The predicted octanol–water partition coefficient (Wildman–Crippen LogP) is 2.18. The summed E-state index contributed by atoms with van der Waals surface area (Å²) in [6.07, 6.45) is 1.32. The lowest BCUT2D eigenvalue weighted by atomic mass is 10.0. The number of hydrogen-bond acceptors (Lipinski definition) is 10. The van der Waals surface area contributed by atoms with Crippen LogP contribution < -0.4 is 30.0 Å². The zero-order chi connectivity index (χ0) is 25.1. The number of aliphatic hydroxyl groups excluding tert-OH is 1. The number of fused-ring (bicyclic) bond motifs is 1. The number of hydrogen-bond donors (Lipinski definition) is 4. The second-order valence-corrected chi connectivity index (χ2v) is 7.35. The van der Waals surface area contributed by atoms with Gasteiger partial charge in [0.1, 0.15) is 28.5 Å². The highest BCUT2D eigenvalue weighted by Crippen LogP contribution is 2.44. The fourth-order valence-corrected chi connectivity index (χ4v) is 3.63. The van der Waals surface area contributed by atoms with Gasteiger partial charge in [-0.15, -0.1) is 0 Å². The standard InChI is InChI=1S/C23H25N5O7/c1-31-14-6-5-12(18-19(14)27-23(26-18)28-22(30)13(24)9-29)20-17(25-10-35-20)11-7-15(32-2)21(34-4)16(8-11)33-3/h5-8,10,13,29H,9,24H2,1-4H3,(H2,26,27,28,30). The summed E-state index contributed by atoms with van der Waals surface area (Å²) >= 11 is 0. The highest BCUT2D eigenvalue weighted by Gasteiger charge is 2.23. The van der Waals surface area contributed by atoms with E-state index >= 15 is 0 Å². The molecule has 12 heteroatoms. The van der Waals surface area contributed by atoms with E-state index in [0.29, 0.717) is 56.6 Å². The molecule has 0 bridgehead atoms. The molecule has 35 heavy (non-hydrogen) atoms. The van der Waals surface area contributed by atoms with Gasteiger partial charge < -0.3 is 39.2 Å². The van der Waals surface area contributed by atoms with Crippen molar-refractivity contribution < 1.29 is 33.3 Å². The monoisotopic (exact) mass is 483 g/mol. The smallest absolute Gasteiger partial charge is 0.245 e. The number of oxazole rings is 1. The maximum atomic E-state index is 12.2. The topological polar surface area (TPSA) is 167 Å². The van der Waals surface area contributed by atoms with E-state index in [2.05, 4.69) is 20.3 Å². The molecule has 0 aliphatic carbocycles. The van der Waals surface area contributed by atoms with Crippen molar-refractivity contribution in [2.24, 2.45) is 5.73 Å². The number of imidazole rings is 1. The Hall–Kier alpha value is -4.29. The number of ether oxygens (including phenoxy) is 4. The number of aliphatic hydroxyl groups is 1. The van der Waals surface area contributed by atoms with E-state index in [-0.39, 0.29) is 5.95 Å². The van der Waals surface area contributed by atoms with Gasteiger partial charge >= 0.3 is 0 Å². The Morgan fingerprint density at radius 2 is 1.80 bits per heavy atom. The normalized spacial score (nSPS) is 11.8. The Balaban J connectivity index is 1.85. The molecule has 1 unspecified atom stereocenters. The van der Waals surface area contributed by atoms with E-state index in [9.17, 15) is 4.79 Å². The molecule has 0 radical (unpaired) electrons. The van der Waals surface area contributed by atoms with Gasteiger partial charge in [-0.2, -0.15) is 0 Å². The molecule has 1 atom stereocenters. The summed E-state index contributed by atoms with van der Waals surface area (Å²) in [7, 11) is 6.10. The summed E-state index contributed by atoms with van der Waals surface area (Å²) in [5.41, 5.74) is 8.32. The van der Waals surface area contributed by atoms with Crippen molar-refractivity contribution >= 4 is 22.9 Å². The van der Waals surface area contributed by atoms with Crippen LogP contribution in [0.2, 0.25) is 0 Å². The third-order valence-corrected chi connectivity index (χ3v) is 5.35. The quantitative estimate of drug-likeness (QED) is 0.277. The summed E-state index contributed by atoms with van der Waals surface area (Å²) in [5.74, 6) is 1.82. The number of carbonyl (C=O) groups is 1. The Morgan fingerprint density at radius 1 is 1.11 bits per heavy atom. The summed E-state index contributed by atoms with van der Waals surface area (Å²) in [4.78, 5) is 24.1. The molecule has 2 heterocycles. The number of H-pyrrole nitrogens is 1. The van der Waals surface area contributed by atoms with Gasteiger partial charge in [0.15, 0.2) is 23.7 Å². The van der Waals surface area contributed by atoms with Crippen LogP contribution in [0.15, 0.2) is 35.1 Å². The van der Waals surface area contributed by atoms with E-state index in [4.69, 9.17) is 34.2 Å². The van der Waals surface area contributed by atoms with Crippen LogP contribution in [0.4, 0.5) is 5.95 Å². The van der Waals surface area contributed by atoms with Gasteiger partial charge in [-0.25, -0.2) is 9.97 Å². The molecular weight excluding hydrogens is 458 g/mol. The first-order valence-electron chi connectivity index (χ1n) is 10.4. The number of amides is 1. The number of nitrogens with one attached hydrogen (secondary N) is 2. The number of aromatic nitrogens is 3. The number of rotatable bonds is 9. The van der Waals surface area contributed by atoms with Crippen LogP contribution in [-0.4, -0.2) is 67.1 Å². The lowest BCUT2D eigenvalue weighted by Crippen LogP contribution is -2.38. The fraction of sp³-hybridized carbons (Fsp3) is 0.261. The zero-order valence-electron chi connectivity index (χ0n) is 19.5. The molecule has 0 fully saturated rings. The van der Waals surface area contributed by atoms with Gasteiger partial charge in [-0.05, 0) is 24.3 Å². The Morgan fingerprint density at radius 3 is 2.40 bits per heavy atom. The SMILES string of the molecule is COc1cc(-c2ncoc2-c2ccc(OC)c3[nH]c(NC(=O)C(N)CO)nc23)cc(OC)c1OC. The molecule has 0 saturated carbocycles. The maximum absolute atomic E-state index is 12.2. The van der Waals surface area contributed by atoms with Crippen LogP contribution in [0.1, 0.15) is 0 Å². The Kier molecular flexibility index (Phi) is 6.75. The second-order valence-electron chi connectivity index (χ2n) is 7.35. The molecule has 0 aliphatic rings. The molecule has 0 spiro atoms. The van der Waals surface area contributed by atoms with E-state index in [0.717, 1.165) is 0 Å². The molecule has 4 aromatic rings. The number of nitrogens with zero attached hydrogens (tertiary/aromatic N) is 2. The van der Waals surface area contributed by atoms with E-state index in [1.807, 2.05) is 0 Å². The third kappa shape index (κ3) is 4.32. The van der Waals surface area contributed by atoms with Crippen LogP contribution in [0.25, 0.3) is 33.6 Å². The minimum Gasteiger partial charge on any atom is -0.494 e. The van der Waals surface area contributed by atoms with Crippen LogP contribution in [0.3, 0.4) is 0 Å². The van der Waals surface area contributed by atoms with E-state index in [1.54, 1.807) is 24.3 Å². The molecule has 0 saturated heterocycles. The molecule has 12 nitrogen and oxygen atoms in total. The summed E-state index contributed by atoms with van der Waals surface area (Å²) in [6, 6.07) is 5.94. The number of anilines is 1. The van der Waals surface area contributed by atoms with Crippen molar-refractivity contribution in [3.63, 3.8) is 0 Å². The number of aromatic amines is 1. The van der Waals surface area contributed by atoms with Gasteiger partial charge in [-0.3, -0.25) is 10.1 Å². The van der Waals surface area contributed by atoms with Crippen LogP contribution in [0, 0.1) is 0 Å². The minimum atomic E-state index is -1.09. The molecule has 5 N–H and O–H groups in total. The largest absolute Gasteiger partial charge is 0.494 e. The molecule has 0 aliphatic heterocycles. The van der Waals surface area contributed by atoms with Crippen molar-refractivity contribution in [1.29, 1.82) is 0 Å². The average Bonchev–Trinajstić information content (AvgIpc) is 3.54. The number of nitrogens with two attached hydrogens (primary N) is 1. The second kappa shape index (κ2) is 9.91. The van der Waals surface area contributed by atoms with Crippen LogP contribution in [0.5, 0.6) is 23.0 Å². The molecule has 184 valence electrons. The van der Waals surface area contributed by atoms with Crippen molar-refractivity contribution in [2.45, 2.75) is 6.04 Å². The molecule has 2 aromatic heterocycles. The van der Waals surface area contributed by atoms with Crippen LogP contribution in [-0.2, 0) is 4.79 Å². The van der Waals surface area contributed by atoms with Crippen molar-refractivity contribution in [2.75, 3.05) is 40.4 Å². The molecule has 2 aromatic carbocycles. The van der Waals surface area contributed by atoms with Crippen molar-refractivity contribution in [3.05, 3.63) is 30.7 Å². The lowest BCUT2D eigenvalue weighted by Gasteiger charge is -2.14. The Labute approximate surface area is 200 Å². The van der Waals surface area contributed by atoms with E-state index < -0.39 is 18.6 Å². The molecule has 4 rings (SSSR count). The van der Waals surface area contributed by atoms with Crippen molar-refractivity contribution in [1.82, 2.24) is 15.0 Å². The summed E-state index contributed by atoms with van der Waals surface area (Å²) in [6.45, 7) is -0.503. The first-order chi connectivity index (χ1) is 16.9. The summed E-state index contributed by atoms with van der Waals surface area (Å²) in [5, 5.41) is 11.7. The Bertz CT molecular complexity index is 1340. The van der Waals surface area contributed by atoms with Crippen LogP contribution >= 0.6 is 0 Å². The predicted molar refractivity (Wildman–Crippen MR) is 127 cm³/mol. The number of benzene rings is 2. The first kappa shape index (κ1) is 23.9. The molecule has 1 amide bonds. The maximum Gasteiger partial charge on any atom is 0.245 e. The van der Waals surface area contributed by atoms with Gasteiger partial charge in [0.25, 0.3) is 0 Å². The van der Waals surface area contributed by atoms with Gasteiger partial charge in [0, 0.05) is 11.1 Å². The highest BCUT2D eigenvalue weighted by molar-refractivity contribution is 6.00. The molecular formula is C23H25N5O7. The first-order valence-corrected chi connectivity index (χ1v) is 10.4. The van der Waals surface area contributed by atoms with Gasteiger partial charge in [0.05, 0.1) is 35.0 Å². The minimum absolute atomic E-state index is 0.133. The number of carbonyl (C=O) groups excluding carboxylic acids is 1. The third-order valence-electron chi connectivity index (χ3n) is 5.35.